The van der Waals surface area contributed by atoms with Crippen LogP contribution in [0.25, 0.3) is 0 Å². The van der Waals surface area contributed by atoms with Crippen LogP contribution in [0, 0.1) is 0 Å². The van der Waals surface area contributed by atoms with Crippen molar-refractivity contribution in [1.29, 1.82) is 0 Å². The van der Waals surface area contributed by atoms with Gasteiger partial charge < -0.3 is 10.0 Å². The summed E-state index contributed by atoms with van der Waals surface area (Å²) in [7, 11) is 3.78. The van der Waals surface area contributed by atoms with Gasteiger partial charge in [-0.2, -0.15) is 0 Å². The number of hydrogen-bond acceptors (Lipinski definition) is 4. The molecule has 1 aromatic rings. The fourth-order valence-electron chi connectivity index (χ4n) is 1.90. The fraction of sp³-hybridized carbons (Fsp3) is 0.455. The van der Waals surface area contributed by atoms with E-state index in [-0.39, 0.29) is 6.54 Å². The van der Waals surface area contributed by atoms with Crippen molar-refractivity contribution in [2.45, 2.75) is 13.1 Å². The Balaban J connectivity index is 2.19. The Hall–Kier alpha value is -1.62. The molecule has 0 bridgehead atoms. The lowest BCUT2D eigenvalue weighted by molar-refractivity contribution is -0.135. The Morgan fingerprint density at radius 1 is 1.56 bits per heavy atom. The van der Waals surface area contributed by atoms with E-state index in [4.69, 9.17) is 5.11 Å². The van der Waals surface area contributed by atoms with E-state index in [0.29, 0.717) is 0 Å². The van der Waals surface area contributed by atoms with E-state index in [0.717, 1.165) is 24.6 Å². The molecule has 2 heterocycles. The number of rotatable bonds is 3. The number of aromatic nitrogens is 1. The third kappa shape index (κ3) is 2.14. The quantitative estimate of drug-likeness (QED) is 0.807. The standard InChI is InChI=1S/C11H15N3O2/c1-13-5-8-3-4-10(12-9(8)6-13)14(2)7-11(15)16/h3-4H,5-7H2,1-2H3,(H,15,16). The monoisotopic (exact) mass is 221 g/mol. The third-order valence-corrected chi connectivity index (χ3v) is 2.68. The smallest absolute Gasteiger partial charge is 0.323 e. The lowest BCUT2D eigenvalue weighted by atomic mass is 10.2. The minimum atomic E-state index is -0.845. The van der Waals surface area contributed by atoms with Gasteiger partial charge in [0.05, 0.1) is 5.69 Å². The number of anilines is 1. The van der Waals surface area contributed by atoms with Crippen molar-refractivity contribution in [2.75, 3.05) is 25.5 Å². The molecule has 1 N–H and O–H groups in total. The van der Waals surface area contributed by atoms with Crippen molar-refractivity contribution in [3.63, 3.8) is 0 Å². The molecule has 0 saturated heterocycles. The zero-order valence-electron chi connectivity index (χ0n) is 9.47. The normalized spacial score (nSPS) is 14.9. The van der Waals surface area contributed by atoms with Gasteiger partial charge >= 0.3 is 5.97 Å². The number of carbonyl (C=O) groups is 1. The maximum atomic E-state index is 10.6. The molecule has 0 saturated carbocycles. The number of hydrogen-bond donors (Lipinski definition) is 1. The maximum Gasteiger partial charge on any atom is 0.323 e. The highest BCUT2D eigenvalue weighted by Crippen LogP contribution is 2.22. The Morgan fingerprint density at radius 2 is 2.31 bits per heavy atom. The van der Waals surface area contributed by atoms with Gasteiger partial charge in [0.2, 0.25) is 0 Å². The molecule has 0 atom stereocenters. The van der Waals surface area contributed by atoms with Crippen LogP contribution >= 0.6 is 0 Å². The first-order chi connectivity index (χ1) is 7.56. The molecule has 0 spiro atoms. The van der Waals surface area contributed by atoms with Crippen LogP contribution in [-0.2, 0) is 17.9 Å². The average Bonchev–Trinajstić information content (AvgIpc) is 2.55. The van der Waals surface area contributed by atoms with Gasteiger partial charge in [0.15, 0.2) is 0 Å². The molecular formula is C11H15N3O2. The highest BCUT2D eigenvalue weighted by atomic mass is 16.4. The van der Waals surface area contributed by atoms with Crippen LogP contribution in [0.1, 0.15) is 11.3 Å². The Morgan fingerprint density at radius 3 is 3.00 bits per heavy atom. The van der Waals surface area contributed by atoms with Crippen molar-refractivity contribution in [3.8, 4) is 0 Å². The largest absolute Gasteiger partial charge is 0.480 e. The van der Waals surface area contributed by atoms with Gasteiger partial charge in [-0.25, -0.2) is 4.98 Å². The van der Waals surface area contributed by atoms with E-state index in [9.17, 15) is 4.79 Å². The van der Waals surface area contributed by atoms with Crippen LogP contribution in [-0.4, -0.2) is 41.6 Å². The second-order valence-electron chi connectivity index (χ2n) is 4.20. The van der Waals surface area contributed by atoms with Crippen LogP contribution in [0.15, 0.2) is 12.1 Å². The summed E-state index contributed by atoms with van der Waals surface area (Å²) >= 11 is 0. The summed E-state index contributed by atoms with van der Waals surface area (Å²) in [6.45, 7) is 1.73. The van der Waals surface area contributed by atoms with Crippen molar-refractivity contribution < 1.29 is 9.90 Å². The molecule has 1 aliphatic heterocycles. The van der Waals surface area contributed by atoms with Gasteiger partial charge in [0.25, 0.3) is 0 Å². The predicted octanol–water partition coefficient (Wildman–Crippen LogP) is 0.548. The van der Waals surface area contributed by atoms with Gasteiger partial charge in [-0.1, -0.05) is 6.07 Å². The van der Waals surface area contributed by atoms with Crippen LogP contribution in [0.3, 0.4) is 0 Å². The second-order valence-corrected chi connectivity index (χ2v) is 4.20. The number of nitrogens with zero attached hydrogens (tertiary/aromatic N) is 3. The number of fused-ring (bicyclic) bond motifs is 1. The molecule has 86 valence electrons. The van der Waals surface area contributed by atoms with E-state index in [1.807, 2.05) is 19.2 Å². The topological polar surface area (TPSA) is 56.7 Å². The minimum absolute atomic E-state index is 0.0262. The zero-order chi connectivity index (χ0) is 11.7. The summed E-state index contributed by atoms with van der Waals surface area (Å²) in [6, 6.07) is 3.90. The van der Waals surface area contributed by atoms with Crippen molar-refractivity contribution in [3.05, 3.63) is 23.4 Å². The zero-order valence-corrected chi connectivity index (χ0v) is 9.47. The number of likely N-dealkylation sites (N-methyl/N-ethyl adjacent to an activating group) is 1. The van der Waals surface area contributed by atoms with Gasteiger partial charge in [-0.15, -0.1) is 0 Å². The molecule has 0 fully saturated rings. The lowest BCUT2D eigenvalue weighted by Crippen LogP contribution is -2.26. The molecule has 5 nitrogen and oxygen atoms in total. The molecule has 0 radical (unpaired) electrons. The Bertz CT molecular complexity index is 420. The molecule has 0 aliphatic carbocycles. The SMILES string of the molecule is CN1Cc2ccc(N(C)CC(=O)O)nc2C1. The van der Waals surface area contributed by atoms with E-state index in [2.05, 4.69) is 9.88 Å². The van der Waals surface area contributed by atoms with Crippen molar-refractivity contribution in [2.24, 2.45) is 0 Å². The highest BCUT2D eigenvalue weighted by Gasteiger charge is 2.18. The molecule has 5 heteroatoms. The van der Waals surface area contributed by atoms with Gasteiger partial charge in [0, 0.05) is 20.1 Å². The molecule has 0 aromatic carbocycles. The maximum absolute atomic E-state index is 10.6. The summed E-state index contributed by atoms with van der Waals surface area (Å²) in [5, 5.41) is 8.70. The number of aliphatic carboxylic acids is 1. The molecule has 1 aliphatic rings. The lowest BCUT2D eigenvalue weighted by Gasteiger charge is -2.16. The summed E-state index contributed by atoms with van der Waals surface area (Å²) in [6.07, 6.45) is 0. The molecule has 0 unspecified atom stereocenters. The van der Waals surface area contributed by atoms with Crippen molar-refractivity contribution in [1.82, 2.24) is 9.88 Å². The van der Waals surface area contributed by atoms with E-state index in [1.165, 1.54) is 5.56 Å². The summed E-state index contributed by atoms with van der Waals surface area (Å²) < 4.78 is 0. The fourth-order valence-corrected chi connectivity index (χ4v) is 1.90. The highest BCUT2D eigenvalue weighted by molar-refractivity contribution is 5.72. The molecule has 2 rings (SSSR count). The average molecular weight is 221 g/mol. The van der Waals surface area contributed by atoms with Crippen LogP contribution < -0.4 is 4.90 Å². The van der Waals surface area contributed by atoms with Crippen LogP contribution in [0.2, 0.25) is 0 Å². The molecule has 1 aromatic heterocycles. The Kier molecular flexibility index (Phi) is 2.78. The molecule has 16 heavy (non-hydrogen) atoms. The van der Waals surface area contributed by atoms with E-state index < -0.39 is 5.97 Å². The first-order valence-electron chi connectivity index (χ1n) is 5.16. The molecular weight excluding hydrogens is 206 g/mol. The van der Waals surface area contributed by atoms with E-state index in [1.54, 1.807) is 11.9 Å². The summed E-state index contributed by atoms with van der Waals surface area (Å²) in [5.41, 5.74) is 2.28. The minimum Gasteiger partial charge on any atom is -0.480 e. The van der Waals surface area contributed by atoms with Gasteiger partial charge in [-0.05, 0) is 18.7 Å². The summed E-state index contributed by atoms with van der Waals surface area (Å²) in [4.78, 5) is 18.9. The predicted molar refractivity (Wildman–Crippen MR) is 60.3 cm³/mol. The Labute approximate surface area is 94.3 Å². The van der Waals surface area contributed by atoms with Crippen LogP contribution in [0.5, 0.6) is 0 Å². The number of carboxylic acids is 1. The number of carboxylic acid groups (broad SMARTS) is 1. The van der Waals surface area contributed by atoms with Gasteiger partial charge in [-0.3, -0.25) is 9.69 Å². The van der Waals surface area contributed by atoms with Crippen molar-refractivity contribution >= 4 is 11.8 Å². The van der Waals surface area contributed by atoms with Gasteiger partial charge in [0.1, 0.15) is 12.4 Å². The van der Waals surface area contributed by atoms with E-state index >= 15 is 0 Å². The first kappa shape index (κ1) is 10.9. The molecule has 0 amide bonds. The number of pyridine rings is 1. The third-order valence-electron chi connectivity index (χ3n) is 2.68. The van der Waals surface area contributed by atoms with Crippen LogP contribution in [0.4, 0.5) is 5.82 Å². The first-order valence-corrected chi connectivity index (χ1v) is 5.16. The summed E-state index contributed by atoms with van der Waals surface area (Å²) in [5.74, 6) is -0.127. The second kappa shape index (κ2) is 4.09.